The third-order valence-corrected chi connectivity index (χ3v) is 7.83. The number of Topliss-reactive ketones (excluding diaryl/α,β-unsaturated/α-hetero) is 1. The van der Waals surface area contributed by atoms with Crippen LogP contribution >= 0.6 is 0 Å². The normalized spacial score (nSPS) is 17.9. The van der Waals surface area contributed by atoms with E-state index in [0.717, 1.165) is 22.6 Å². The van der Waals surface area contributed by atoms with Crippen molar-refractivity contribution in [2.45, 2.75) is 78.2 Å². The van der Waals surface area contributed by atoms with Gasteiger partial charge in [0.15, 0.2) is 5.78 Å². The van der Waals surface area contributed by atoms with Crippen molar-refractivity contribution >= 4 is 26.4 Å². The number of carbonyl (C=O) groups excluding carboxylic acids is 1. The number of nitrogens with zero attached hydrogens (tertiary/aromatic N) is 2. The molecule has 1 aliphatic heterocycles. The zero-order chi connectivity index (χ0) is 23.0. The lowest BCUT2D eigenvalue weighted by Gasteiger charge is -2.32. The van der Waals surface area contributed by atoms with E-state index in [1.165, 1.54) is 0 Å². The van der Waals surface area contributed by atoms with E-state index in [-0.39, 0.29) is 23.7 Å². The summed E-state index contributed by atoms with van der Waals surface area (Å²) in [6.07, 6.45) is 1.74. The first-order valence-electron chi connectivity index (χ1n) is 10.9. The van der Waals surface area contributed by atoms with Gasteiger partial charge in [0, 0.05) is 27.2 Å². The smallest absolute Gasteiger partial charge is 0.399 e. The van der Waals surface area contributed by atoms with Crippen molar-refractivity contribution in [1.29, 1.82) is 0 Å². The summed E-state index contributed by atoms with van der Waals surface area (Å²) < 4.78 is 19.7. The molecule has 0 spiro atoms. The van der Waals surface area contributed by atoms with E-state index in [9.17, 15) is 4.79 Å². The molecule has 0 aliphatic carbocycles. The number of ketones is 1. The van der Waals surface area contributed by atoms with Gasteiger partial charge in [-0.05, 0) is 44.8 Å². The topological polar surface area (TPSA) is 62.6 Å². The van der Waals surface area contributed by atoms with Gasteiger partial charge in [-0.2, -0.15) is 5.10 Å². The molecule has 1 saturated heterocycles. The van der Waals surface area contributed by atoms with Gasteiger partial charge in [0.1, 0.15) is 12.4 Å². The van der Waals surface area contributed by atoms with Gasteiger partial charge in [0.2, 0.25) is 0 Å². The lowest BCUT2D eigenvalue weighted by Crippen LogP contribution is -2.41. The molecular weight excluding hydrogens is 407 g/mol. The Morgan fingerprint density at radius 1 is 1.10 bits per heavy atom. The quantitative estimate of drug-likeness (QED) is 0.345. The highest BCUT2D eigenvalue weighted by Crippen LogP contribution is 2.36. The molecule has 31 heavy (non-hydrogen) atoms. The van der Waals surface area contributed by atoms with Crippen LogP contribution in [-0.4, -0.2) is 48.6 Å². The van der Waals surface area contributed by atoms with Crippen molar-refractivity contribution < 1.29 is 18.8 Å². The first-order chi connectivity index (χ1) is 14.3. The Morgan fingerprint density at radius 2 is 1.68 bits per heavy atom. The predicted molar refractivity (Wildman–Crippen MR) is 127 cm³/mol. The summed E-state index contributed by atoms with van der Waals surface area (Å²) in [7, 11) is -1.56. The minimum Gasteiger partial charge on any atom is -0.399 e. The molecule has 168 valence electrons. The number of hydrogen-bond acceptors (Lipinski definition) is 5. The van der Waals surface area contributed by atoms with E-state index in [1.807, 2.05) is 52.0 Å². The second-order valence-electron chi connectivity index (χ2n) is 10.5. The maximum Gasteiger partial charge on any atom is 0.494 e. The molecule has 2 aromatic rings. The maximum absolute atomic E-state index is 12.4. The van der Waals surface area contributed by atoms with Crippen LogP contribution in [0.25, 0.3) is 11.1 Å². The Bertz CT molecular complexity index is 916. The van der Waals surface area contributed by atoms with Crippen LogP contribution in [0, 0.1) is 0 Å². The molecule has 3 rings (SSSR count). The summed E-state index contributed by atoms with van der Waals surface area (Å²) in [5.41, 5.74) is 2.49. The Hall–Kier alpha value is -1.74. The molecular formula is C23H35BN2O4Si. The molecule has 2 heterocycles. The number of benzene rings is 1. The van der Waals surface area contributed by atoms with Crippen LogP contribution in [-0.2, 0) is 20.8 Å². The van der Waals surface area contributed by atoms with Crippen molar-refractivity contribution in [3.63, 3.8) is 0 Å². The third kappa shape index (κ3) is 5.37. The summed E-state index contributed by atoms with van der Waals surface area (Å²) in [4.78, 5) is 12.4. The van der Waals surface area contributed by atoms with Crippen LogP contribution in [0.5, 0.6) is 0 Å². The van der Waals surface area contributed by atoms with E-state index < -0.39 is 15.2 Å². The standard InChI is InChI=1S/C23H35BN2O4Si/c1-17(27)21-20(15-25-26(21)16-28-13-14-31(6,7)8)18-9-11-19(12-10-18)24-29-22(2,3)23(4,5)30-24/h9-12,15H,13-14,16H2,1-8H3. The van der Waals surface area contributed by atoms with Crippen LogP contribution in [0.2, 0.25) is 25.7 Å². The van der Waals surface area contributed by atoms with Gasteiger partial charge >= 0.3 is 7.12 Å². The molecule has 0 atom stereocenters. The van der Waals surface area contributed by atoms with Crippen LogP contribution < -0.4 is 5.46 Å². The van der Waals surface area contributed by atoms with Gasteiger partial charge in [0.05, 0.1) is 17.4 Å². The lowest BCUT2D eigenvalue weighted by molar-refractivity contribution is 0.00578. The second-order valence-corrected chi connectivity index (χ2v) is 16.1. The van der Waals surface area contributed by atoms with Crippen molar-refractivity contribution in [3.05, 3.63) is 36.2 Å². The molecule has 1 aliphatic rings. The molecule has 1 fully saturated rings. The summed E-state index contributed by atoms with van der Waals surface area (Å²) in [6, 6.07) is 9.03. The molecule has 0 radical (unpaired) electrons. The Labute approximate surface area is 187 Å². The highest BCUT2D eigenvalue weighted by atomic mass is 28.3. The summed E-state index contributed by atoms with van der Waals surface area (Å²) in [5, 5.41) is 4.42. The molecule has 0 unspecified atom stereocenters. The number of ether oxygens (including phenoxy) is 1. The molecule has 0 amide bonds. The van der Waals surface area contributed by atoms with E-state index in [0.29, 0.717) is 12.3 Å². The first-order valence-corrected chi connectivity index (χ1v) is 14.6. The average Bonchev–Trinajstić information content (AvgIpc) is 3.16. The molecule has 0 bridgehead atoms. The van der Waals surface area contributed by atoms with Gasteiger partial charge in [0.25, 0.3) is 0 Å². The maximum atomic E-state index is 12.4. The monoisotopic (exact) mass is 442 g/mol. The van der Waals surface area contributed by atoms with E-state index in [4.69, 9.17) is 14.0 Å². The first kappa shape index (κ1) is 23.9. The van der Waals surface area contributed by atoms with Crippen LogP contribution in [0.3, 0.4) is 0 Å². The van der Waals surface area contributed by atoms with Gasteiger partial charge in [-0.1, -0.05) is 43.9 Å². The Morgan fingerprint density at radius 3 is 2.19 bits per heavy atom. The minimum absolute atomic E-state index is 0.0312. The average molecular weight is 442 g/mol. The van der Waals surface area contributed by atoms with Crippen LogP contribution in [0.4, 0.5) is 0 Å². The van der Waals surface area contributed by atoms with Gasteiger partial charge < -0.3 is 14.0 Å². The SMILES string of the molecule is CC(=O)c1c(-c2ccc(B3OC(C)(C)C(C)(C)O3)cc2)cnn1COCC[Si](C)(C)C. The van der Waals surface area contributed by atoms with Crippen molar-refractivity contribution in [1.82, 2.24) is 9.78 Å². The van der Waals surface area contributed by atoms with Crippen LogP contribution in [0.1, 0.15) is 45.1 Å². The molecule has 0 saturated carbocycles. The second kappa shape index (κ2) is 8.66. The lowest BCUT2D eigenvalue weighted by atomic mass is 9.78. The fourth-order valence-corrected chi connectivity index (χ4v) is 4.15. The largest absolute Gasteiger partial charge is 0.494 e. The van der Waals surface area contributed by atoms with Gasteiger partial charge in [-0.3, -0.25) is 4.79 Å². The number of hydrogen-bond donors (Lipinski definition) is 0. The zero-order valence-corrected chi connectivity index (χ0v) is 21.1. The van der Waals surface area contributed by atoms with E-state index >= 15 is 0 Å². The summed E-state index contributed by atoms with van der Waals surface area (Å²) in [5.74, 6) is -0.0312. The Balaban J connectivity index is 1.76. The van der Waals surface area contributed by atoms with Crippen molar-refractivity contribution in [3.8, 4) is 11.1 Å². The van der Waals surface area contributed by atoms with Crippen LogP contribution in [0.15, 0.2) is 30.5 Å². The highest BCUT2D eigenvalue weighted by Gasteiger charge is 2.51. The molecule has 0 N–H and O–H groups in total. The third-order valence-electron chi connectivity index (χ3n) is 6.13. The zero-order valence-electron chi connectivity index (χ0n) is 20.1. The number of aromatic nitrogens is 2. The number of carbonyl (C=O) groups is 1. The number of rotatable bonds is 8. The fourth-order valence-electron chi connectivity index (χ4n) is 3.39. The van der Waals surface area contributed by atoms with E-state index in [2.05, 4.69) is 24.7 Å². The van der Waals surface area contributed by atoms with E-state index in [1.54, 1.807) is 17.8 Å². The van der Waals surface area contributed by atoms with Crippen molar-refractivity contribution in [2.75, 3.05) is 6.61 Å². The molecule has 6 nitrogen and oxygen atoms in total. The summed E-state index contributed by atoms with van der Waals surface area (Å²) in [6.45, 7) is 17.7. The Kier molecular flexibility index (Phi) is 6.68. The van der Waals surface area contributed by atoms with Gasteiger partial charge in [-0.15, -0.1) is 0 Å². The molecule has 1 aromatic heterocycles. The highest BCUT2D eigenvalue weighted by molar-refractivity contribution is 6.76. The van der Waals surface area contributed by atoms with Gasteiger partial charge in [-0.25, -0.2) is 4.68 Å². The fraction of sp³-hybridized carbons (Fsp3) is 0.565. The van der Waals surface area contributed by atoms with Crippen molar-refractivity contribution in [2.24, 2.45) is 0 Å². The molecule has 1 aromatic carbocycles. The summed E-state index contributed by atoms with van der Waals surface area (Å²) >= 11 is 0. The minimum atomic E-state index is -1.16. The molecule has 8 heteroatoms. The predicted octanol–water partition coefficient (Wildman–Crippen LogP) is 4.36.